The first-order valence-corrected chi connectivity index (χ1v) is 9.42. The fraction of sp³-hybridized carbons (Fsp3) is 0.889. The Morgan fingerprint density at radius 1 is 1.13 bits per heavy atom. The summed E-state index contributed by atoms with van der Waals surface area (Å²) in [6.07, 6.45) is 8.45. The van der Waals surface area contributed by atoms with Crippen LogP contribution < -0.4 is 10.6 Å². The molecule has 0 unspecified atom stereocenters. The molecule has 0 aromatic heterocycles. The molecule has 0 aromatic rings. The van der Waals surface area contributed by atoms with Crippen LogP contribution in [0.5, 0.6) is 0 Å². The number of thiocarbonyl (C=S) groups is 1. The first-order valence-electron chi connectivity index (χ1n) is 9.01. The van der Waals surface area contributed by atoms with Gasteiger partial charge < -0.3 is 15.4 Å². The van der Waals surface area contributed by atoms with Crippen LogP contribution in [-0.4, -0.2) is 28.8 Å². The topological polar surface area (TPSA) is 50.4 Å². The molecule has 0 radical (unpaired) electrons. The van der Waals surface area contributed by atoms with Crippen molar-refractivity contribution >= 4 is 23.3 Å². The van der Waals surface area contributed by atoms with Gasteiger partial charge in [-0.1, -0.05) is 0 Å². The van der Waals surface area contributed by atoms with E-state index in [0.29, 0.717) is 18.1 Å². The number of rotatable bonds is 4. The molecule has 4 aliphatic carbocycles. The van der Waals surface area contributed by atoms with Crippen molar-refractivity contribution in [3.63, 3.8) is 0 Å². The molecule has 0 spiro atoms. The van der Waals surface area contributed by atoms with Crippen molar-refractivity contribution in [2.75, 3.05) is 6.54 Å². The number of hydrogen-bond acceptors (Lipinski definition) is 3. The molecule has 4 rings (SSSR count). The average Bonchev–Trinajstić information content (AvgIpc) is 2.33. The molecule has 4 fully saturated rings. The molecule has 0 atom stereocenters. The highest BCUT2D eigenvalue weighted by Crippen LogP contribution is 2.55. The van der Waals surface area contributed by atoms with Crippen molar-refractivity contribution in [2.45, 2.75) is 76.9 Å². The van der Waals surface area contributed by atoms with E-state index in [0.717, 1.165) is 17.8 Å². The summed E-state index contributed by atoms with van der Waals surface area (Å²) in [6, 6.07) is 0. The largest absolute Gasteiger partial charge is 0.460 e. The first-order chi connectivity index (χ1) is 10.7. The third kappa shape index (κ3) is 4.37. The third-order valence-corrected chi connectivity index (χ3v) is 5.70. The Balaban J connectivity index is 1.42. The second kappa shape index (κ2) is 6.23. The van der Waals surface area contributed by atoms with E-state index < -0.39 is 5.60 Å². The maximum absolute atomic E-state index is 11.7. The lowest BCUT2D eigenvalue weighted by atomic mass is 9.53. The van der Waals surface area contributed by atoms with Crippen molar-refractivity contribution in [1.82, 2.24) is 10.6 Å². The van der Waals surface area contributed by atoms with Gasteiger partial charge in [0.25, 0.3) is 0 Å². The molecule has 5 heteroatoms. The Morgan fingerprint density at radius 2 is 1.65 bits per heavy atom. The van der Waals surface area contributed by atoms with E-state index in [4.69, 9.17) is 17.0 Å². The monoisotopic (exact) mass is 338 g/mol. The van der Waals surface area contributed by atoms with Gasteiger partial charge in [-0.15, -0.1) is 0 Å². The second-order valence-corrected chi connectivity index (χ2v) is 9.32. The zero-order valence-electron chi connectivity index (χ0n) is 14.6. The number of esters is 1. The lowest BCUT2D eigenvalue weighted by Crippen LogP contribution is -2.61. The van der Waals surface area contributed by atoms with Gasteiger partial charge in [0.2, 0.25) is 0 Å². The van der Waals surface area contributed by atoms with Crippen LogP contribution in [0.15, 0.2) is 0 Å². The van der Waals surface area contributed by atoms with Crippen molar-refractivity contribution < 1.29 is 9.53 Å². The molecule has 4 saturated carbocycles. The summed E-state index contributed by atoms with van der Waals surface area (Å²) in [5, 5.41) is 7.51. The van der Waals surface area contributed by atoms with E-state index >= 15 is 0 Å². The van der Waals surface area contributed by atoms with Gasteiger partial charge in [-0.25, -0.2) is 0 Å². The van der Waals surface area contributed by atoms with E-state index in [1.807, 2.05) is 20.8 Å². The highest BCUT2D eigenvalue weighted by atomic mass is 32.1. The van der Waals surface area contributed by atoms with E-state index in [-0.39, 0.29) is 11.5 Å². The third-order valence-electron chi connectivity index (χ3n) is 5.45. The number of nitrogens with one attached hydrogen (secondary N) is 2. The van der Waals surface area contributed by atoms with Gasteiger partial charge in [-0.2, -0.15) is 0 Å². The minimum atomic E-state index is -0.422. The molecule has 0 aliphatic heterocycles. The number of hydrogen-bond donors (Lipinski definition) is 2. The lowest BCUT2D eigenvalue weighted by molar-refractivity contribution is -0.154. The Kier molecular flexibility index (Phi) is 4.60. The molecule has 4 nitrogen and oxygen atoms in total. The smallest absolute Gasteiger partial charge is 0.308 e. The van der Waals surface area contributed by atoms with Gasteiger partial charge >= 0.3 is 5.97 Å². The highest BCUT2D eigenvalue weighted by Gasteiger charge is 2.51. The Labute approximate surface area is 145 Å². The Morgan fingerprint density at radius 3 is 2.13 bits per heavy atom. The van der Waals surface area contributed by atoms with Crippen LogP contribution in [-0.2, 0) is 9.53 Å². The minimum absolute atomic E-state index is 0.178. The number of ether oxygens (including phenoxy) is 1. The zero-order valence-corrected chi connectivity index (χ0v) is 15.4. The van der Waals surface area contributed by atoms with Crippen LogP contribution >= 0.6 is 12.2 Å². The van der Waals surface area contributed by atoms with Crippen LogP contribution in [0, 0.1) is 17.8 Å². The molecule has 2 N–H and O–H groups in total. The first kappa shape index (κ1) is 17.0. The number of carbonyl (C=O) groups excluding carboxylic acids is 1. The molecule has 4 aliphatic rings. The fourth-order valence-electron chi connectivity index (χ4n) is 5.22. The SMILES string of the molecule is CC(C)(C)OC(=O)CCNC(=S)NC12CC3CC(CC(C3)C1)C2. The zero-order chi connectivity index (χ0) is 16.7. The summed E-state index contributed by atoms with van der Waals surface area (Å²) in [6.45, 7) is 6.19. The van der Waals surface area contributed by atoms with Crippen LogP contribution in [0.25, 0.3) is 0 Å². The standard InChI is InChI=1S/C18H30N2O2S/c1-17(2,3)22-15(21)4-5-19-16(23)20-18-9-12-6-13(10-18)8-14(7-12)11-18/h12-14H,4-11H2,1-3H3,(H2,19,20,23). The molecule has 0 saturated heterocycles. The number of carbonyl (C=O) groups is 1. The van der Waals surface area contributed by atoms with Crippen molar-refractivity contribution in [2.24, 2.45) is 17.8 Å². The van der Waals surface area contributed by atoms with Gasteiger partial charge in [0.15, 0.2) is 5.11 Å². The summed E-state index contributed by atoms with van der Waals surface area (Å²) in [5.74, 6) is 2.53. The van der Waals surface area contributed by atoms with Crippen molar-refractivity contribution in [1.29, 1.82) is 0 Å². The molecule has 130 valence electrons. The van der Waals surface area contributed by atoms with E-state index in [1.165, 1.54) is 38.5 Å². The molecular formula is C18H30N2O2S. The van der Waals surface area contributed by atoms with Crippen molar-refractivity contribution in [3.05, 3.63) is 0 Å². The van der Waals surface area contributed by atoms with Gasteiger partial charge in [-0.05, 0) is 89.3 Å². The summed E-state index contributed by atoms with van der Waals surface area (Å²) < 4.78 is 5.31. The lowest BCUT2D eigenvalue weighted by Gasteiger charge is -2.57. The Hall–Kier alpha value is -0.840. The highest BCUT2D eigenvalue weighted by molar-refractivity contribution is 7.80. The van der Waals surface area contributed by atoms with Crippen LogP contribution in [0.4, 0.5) is 0 Å². The molecule has 4 bridgehead atoms. The van der Waals surface area contributed by atoms with Gasteiger partial charge in [-0.3, -0.25) is 4.79 Å². The van der Waals surface area contributed by atoms with Gasteiger partial charge in [0.05, 0.1) is 6.42 Å². The summed E-state index contributed by atoms with van der Waals surface area (Å²) in [7, 11) is 0. The normalized spacial score (nSPS) is 35.0. The summed E-state index contributed by atoms with van der Waals surface area (Å²) in [4.78, 5) is 11.7. The van der Waals surface area contributed by atoms with Crippen LogP contribution in [0.1, 0.15) is 65.7 Å². The van der Waals surface area contributed by atoms with E-state index in [9.17, 15) is 4.79 Å². The summed E-state index contributed by atoms with van der Waals surface area (Å²) in [5.41, 5.74) is -0.195. The van der Waals surface area contributed by atoms with E-state index in [2.05, 4.69) is 10.6 Å². The minimum Gasteiger partial charge on any atom is -0.460 e. The molecule has 0 amide bonds. The molecule has 0 aromatic carbocycles. The fourth-order valence-corrected chi connectivity index (χ4v) is 5.54. The van der Waals surface area contributed by atoms with Crippen LogP contribution in [0.3, 0.4) is 0 Å². The van der Waals surface area contributed by atoms with E-state index in [1.54, 1.807) is 0 Å². The van der Waals surface area contributed by atoms with Crippen LogP contribution in [0.2, 0.25) is 0 Å². The second-order valence-electron chi connectivity index (χ2n) is 8.92. The van der Waals surface area contributed by atoms with Crippen molar-refractivity contribution in [3.8, 4) is 0 Å². The maximum Gasteiger partial charge on any atom is 0.308 e. The predicted octanol–water partition coefficient (Wildman–Crippen LogP) is 3.15. The molecule has 0 heterocycles. The maximum atomic E-state index is 11.7. The predicted molar refractivity (Wildman–Crippen MR) is 95.1 cm³/mol. The quantitative estimate of drug-likeness (QED) is 0.609. The van der Waals surface area contributed by atoms with Gasteiger partial charge in [0.1, 0.15) is 5.60 Å². The summed E-state index contributed by atoms with van der Waals surface area (Å²) >= 11 is 5.48. The molecular weight excluding hydrogens is 308 g/mol. The Bertz CT molecular complexity index is 449. The average molecular weight is 339 g/mol. The molecule has 23 heavy (non-hydrogen) atoms. The van der Waals surface area contributed by atoms with Gasteiger partial charge in [0, 0.05) is 12.1 Å².